The molecule has 34 heavy (non-hydrogen) atoms. The van der Waals surface area contributed by atoms with Crippen molar-refractivity contribution in [2.45, 2.75) is 44.4 Å². The van der Waals surface area contributed by atoms with Gasteiger partial charge in [-0.3, -0.25) is 0 Å². The molecule has 2 aromatic carbocycles. The minimum Gasteiger partial charge on any atom is -0.486 e. The SMILES string of the molecule is CC1(c2ccc3c(c2)OCCO3)CSC(OCc2cccc(CNC3CCOCC3)c2)=C1C#N. The highest BCUT2D eigenvalue weighted by molar-refractivity contribution is 8.03. The third kappa shape index (κ3) is 4.90. The number of hydrogen-bond acceptors (Lipinski definition) is 7. The number of benzene rings is 2. The maximum atomic E-state index is 10.0. The zero-order valence-corrected chi connectivity index (χ0v) is 20.3. The monoisotopic (exact) mass is 478 g/mol. The molecule has 3 heterocycles. The number of rotatable bonds is 7. The van der Waals surface area contributed by atoms with Crippen molar-refractivity contribution < 1.29 is 18.9 Å². The first-order chi connectivity index (χ1) is 16.7. The van der Waals surface area contributed by atoms with Gasteiger partial charge in [-0.05, 0) is 48.6 Å². The van der Waals surface area contributed by atoms with Crippen LogP contribution in [0.3, 0.4) is 0 Å². The summed E-state index contributed by atoms with van der Waals surface area (Å²) in [5.41, 5.74) is 3.62. The largest absolute Gasteiger partial charge is 0.486 e. The van der Waals surface area contributed by atoms with Gasteiger partial charge in [-0.15, -0.1) is 0 Å². The summed E-state index contributed by atoms with van der Waals surface area (Å²) in [7, 11) is 0. The van der Waals surface area contributed by atoms with Crippen LogP contribution in [0.2, 0.25) is 0 Å². The van der Waals surface area contributed by atoms with Crippen molar-refractivity contribution in [3.8, 4) is 17.6 Å². The van der Waals surface area contributed by atoms with E-state index < -0.39 is 5.41 Å². The first-order valence-corrected chi connectivity index (χ1v) is 12.8. The zero-order chi connectivity index (χ0) is 23.4. The van der Waals surface area contributed by atoms with Crippen LogP contribution in [0.4, 0.5) is 0 Å². The number of nitrogens with one attached hydrogen (secondary N) is 1. The fourth-order valence-corrected chi connectivity index (χ4v) is 5.91. The standard InChI is InChI=1S/C27H30N2O4S/c1-27(21-5-6-24-25(14-21)32-12-11-31-24)18-34-26(23(27)15-28)33-17-20-4-2-3-19(13-20)16-29-22-7-9-30-10-8-22/h2-6,13-14,22,29H,7-12,16-18H2,1H3. The quantitative estimate of drug-likeness (QED) is 0.619. The lowest BCUT2D eigenvalue weighted by molar-refractivity contribution is 0.0776. The van der Waals surface area contributed by atoms with Crippen molar-refractivity contribution in [1.29, 1.82) is 5.26 Å². The Morgan fingerprint density at radius 2 is 1.85 bits per heavy atom. The molecule has 0 spiro atoms. The fraction of sp³-hybridized carbons (Fsp3) is 0.444. The van der Waals surface area contributed by atoms with Crippen molar-refractivity contribution >= 4 is 11.8 Å². The van der Waals surface area contributed by atoms with Crippen molar-refractivity contribution in [1.82, 2.24) is 5.32 Å². The van der Waals surface area contributed by atoms with Crippen molar-refractivity contribution in [3.63, 3.8) is 0 Å². The molecule has 178 valence electrons. The number of nitriles is 1. The van der Waals surface area contributed by atoms with E-state index in [1.54, 1.807) is 11.8 Å². The van der Waals surface area contributed by atoms with Gasteiger partial charge < -0.3 is 24.3 Å². The van der Waals surface area contributed by atoms with Crippen LogP contribution in [0.1, 0.15) is 36.5 Å². The zero-order valence-electron chi connectivity index (χ0n) is 19.5. The van der Waals surface area contributed by atoms with Crippen molar-refractivity contribution in [2.24, 2.45) is 0 Å². The molecule has 7 heteroatoms. The van der Waals surface area contributed by atoms with Gasteiger partial charge in [0, 0.05) is 37.0 Å². The molecular formula is C27H30N2O4S. The molecule has 1 unspecified atom stereocenters. The molecule has 3 aliphatic rings. The molecular weight excluding hydrogens is 448 g/mol. The van der Waals surface area contributed by atoms with Crippen LogP contribution in [0, 0.1) is 11.3 Å². The summed E-state index contributed by atoms with van der Waals surface area (Å²) in [4.78, 5) is 0. The number of thioether (sulfide) groups is 1. The number of nitrogens with zero attached hydrogens (tertiary/aromatic N) is 1. The molecule has 5 rings (SSSR count). The lowest BCUT2D eigenvalue weighted by Gasteiger charge is -2.26. The smallest absolute Gasteiger partial charge is 0.168 e. The number of allylic oxidation sites excluding steroid dienone is 1. The van der Waals surface area contributed by atoms with E-state index in [0.29, 0.717) is 36.5 Å². The second kappa shape index (κ2) is 10.3. The highest BCUT2D eigenvalue weighted by Crippen LogP contribution is 2.48. The van der Waals surface area contributed by atoms with Gasteiger partial charge in [0.2, 0.25) is 0 Å². The summed E-state index contributed by atoms with van der Waals surface area (Å²) in [6, 6.07) is 17.4. The third-order valence-corrected chi connectivity index (χ3v) is 8.02. The van der Waals surface area contributed by atoms with E-state index in [1.807, 2.05) is 18.2 Å². The van der Waals surface area contributed by atoms with Crippen molar-refractivity contribution in [3.05, 3.63) is 69.8 Å². The molecule has 0 bridgehead atoms. The van der Waals surface area contributed by atoms with Gasteiger partial charge in [-0.2, -0.15) is 5.26 Å². The Morgan fingerprint density at radius 3 is 2.68 bits per heavy atom. The Balaban J connectivity index is 1.26. The molecule has 0 aliphatic carbocycles. The van der Waals surface area contributed by atoms with E-state index in [-0.39, 0.29) is 0 Å². The summed E-state index contributed by atoms with van der Waals surface area (Å²) in [6.45, 7) is 6.16. The van der Waals surface area contributed by atoms with Crippen LogP contribution in [0.15, 0.2) is 53.1 Å². The van der Waals surface area contributed by atoms with E-state index in [4.69, 9.17) is 18.9 Å². The summed E-state index contributed by atoms with van der Waals surface area (Å²) in [6.07, 6.45) is 2.13. The van der Waals surface area contributed by atoms with Gasteiger partial charge in [0.15, 0.2) is 16.6 Å². The normalized spacial score (nSPS) is 22.5. The van der Waals surface area contributed by atoms with Crippen LogP contribution in [0.5, 0.6) is 11.5 Å². The molecule has 6 nitrogen and oxygen atoms in total. The average molecular weight is 479 g/mol. The lowest BCUT2D eigenvalue weighted by atomic mass is 9.78. The van der Waals surface area contributed by atoms with E-state index in [0.717, 1.165) is 61.0 Å². The van der Waals surface area contributed by atoms with Crippen LogP contribution >= 0.6 is 11.8 Å². The first-order valence-electron chi connectivity index (χ1n) is 11.9. The summed E-state index contributed by atoms with van der Waals surface area (Å²) >= 11 is 1.61. The van der Waals surface area contributed by atoms with Gasteiger partial charge in [-0.1, -0.05) is 42.1 Å². The maximum absolute atomic E-state index is 10.0. The van der Waals surface area contributed by atoms with Crippen LogP contribution in [-0.2, 0) is 28.0 Å². The summed E-state index contributed by atoms with van der Waals surface area (Å²) in [5.74, 6) is 2.25. The van der Waals surface area contributed by atoms with E-state index in [1.165, 1.54) is 5.56 Å². The Morgan fingerprint density at radius 1 is 1.06 bits per heavy atom. The second-order valence-corrected chi connectivity index (χ2v) is 10.1. The molecule has 0 saturated carbocycles. The molecule has 0 radical (unpaired) electrons. The van der Waals surface area contributed by atoms with Gasteiger partial charge in [-0.25, -0.2) is 0 Å². The minimum absolute atomic E-state index is 0.430. The second-order valence-electron chi connectivity index (χ2n) is 9.13. The van der Waals surface area contributed by atoms with Gasteiger partial charge in [0.1, 0.15) is 25.9 Å². The van der Waals surface area contributed by atoms with E-state index in [2.05, 4.69) is 42.6 Å². The highest BCUT2D eigenvalue weighted by atomic mass is 32.2. The molecule has 3 aliphatic heterocycles. The maximum Gasteiger partial charge on any atom is 0.168 e. The highest BCUT2D eigenvalue weighted by Gasteiger charge is 2.41. The lowest BCUT2D eigenvalue weighted by Crippen LogP contribution is -2.34. The Hall–Kier alpha value is -2.66. The summed E-state index contributed by atoms with van der Waals surface area (Å²) < 4.78 is 23.1. The van der Waals surface area contributed by atoms with Crippen molar-refractivity contribution in [2.75, 3.05) is 32.2 Å². The topological polar surface area (TPSA) is 72.7 Å². The minimum atomic E-state index is -0.430. The van der Waals surface area contributed by atoms with Crippen LogP contribution in [0.25, 0.3) is 0 Å². The van der Waals surface area contributed by atoms with E-state index >= 15 is 0 Å². The molecule has 1 fully saturated rings. The molecule has 0 aromatic heterocycles. The van der Waals surface area contributed by atoms with Gasteiger partial charge >= 0.3 is 0 Å². The molecule has 1 N–H and O–H groups in total. The van der Waals surface area contributed by atoms with Crippen LogP contribution in [-0.4, -0.2) is 38.2 Å². The Bertz CT molecular complexity index is 1110. The third-order valence-electron chi connectivity index (χ3n) is 6.72. The molecule has 2 aromatic rings. The molecule has 1 saturated heterocycles. The van der Waals surface area contributed by atoms with E-state index in [9.17, 15) is 5.26 Å². The number of hydrogen-bond donors (Lipinski definition) is 1. The van der Waals surface area contributed by atoms with Gasteiger partial charge in [0.05, 0.1) is 5.57 Å². The average Bonchev–Trinajstić information content (AvgIpc) is 3.23. The predicted molar refractivity (Wildman–Crippen MR) is 132 cm³/mol. The number of ether oxygens (including phenoxy) is 4. The molecule has 1 atom stereocenters. The van der Waals surface area contributed by atoms with Gasteiger partial charge in [0.25, 0.3) is 0 Å². The fourth-order valence-electron chi connectivity index (χ4n) is 4.62. The Labute approximate surface area is 205 Å². The summed E-state index contributed by atoms with van der Waals surface area (Å²) in [5, 5.41) is 14.4. The predicted octanol–water partition coefficient (Wildman–Crippen LogP) is 4.68. The Kier molecular flexibility index (Phi) is 7.00. The molecule has 0 amide bonds. The first kappa shape index (κ1) is 23.1. The van der Waals surface area contributed by atoms with Crippen LogP contribution < -0.4 is 14.8 Å². The number of fused-ring (bicyclic) bond motifs is 1.